The lowest BCUT2D eigenvalue weighted by atomic mass is 10.0. The molecule has 0 bridgehead atoms. The quantitative estimate of drug-likeness (QED) is 0.786. The second-order valence-electron chi connectivity index (χ2n) is 4.62. The van der Waals surface area contributed by atoms with E-state index in [1.165, 1.54) is 11.1 Å². The molecule has 1 aliphatic heterocycles. The van der Waals surface area contributed by atoms with Crippen molar-refractivity contribution in [1.29, 1.82) is 0 Å². The molecule has 1 aromatic carbocycles. The van der Waals surface area contributed by atoms with Crippen molar-refractivity contribution in [2.75, 3.05) is 19.8 Å². The van der Waals surface area contributed by atoms with E-state index in [1.54, 1.807) is 0 Å². The van der Waals surface area contributed by atoms with E-state index in [0.717, 1.165) is 38.2 Å². The van der Waals surface area contributed by atoms with Crippen molar-refractivity contribution < 1.29 is 9.84 Å². The first-order chi connectivity index (χ1) is 8.31. The normalized spacial score (nSPS) is 19.3. The average molecular weight is 235 g/mol. The van der Waals surface area contributed by atoms with Crippen LogP contribution in [-0.4, -0.2) is 24.9 Å². The molecule has 1 unspecified atom stereocenters. The Bertz CT molecular complexity index is 365. The summed E-state index contributed by atoms with van der Waals surface area (Å²) in [6.07, 6.45) is 2.98. The molecule has 0 aliphatic carbocycles. The van der Waals surface area contributed by atoms with Gasteiger partial charge in [-0.15, -0.1) is 0 Å². The number of hydrogen-bond acceptors (Lipinski definition) is 3. The van der Waals surface area contributed by atoms with E-state index in [4.69, 9.17) is 9.84 Å². The van der Waals surface area contributed by atoms with E-state index in [9.17, 15) is 0 Å². The number of nitrogens with one attached hydrogen (secondary N) is 1. The number of ether oxygens (including phenoxy) is 1. The predicted molar refractivity (Wildman–Crippen MR) is 68.4 cm³/mol. The summed E-state index contributed by atoms with van der Waals surface area (Å²) < 4.78 is 5.78. The minimum absolute atomic E-state index is 0.247. The largest absolute Gasteiger partial charge is 0.493 e. The summed E-state index contributed by atoms with van der Waals surface area (Å²) in [5, 5.41) is 12.3. The highest BCUT2D eigenvalue weighted by molar-refractivity contribution is 5.39. The van der Waals surface area contributed by atoms with Crippen LogP contribution < -0.4 is 10.1 Å². The van der Waals surface area contributed by atoms with Crippen molar-refractivity contribution in [2.24, 2.45) is 0 Å². The van der Waals surface area contributed by atoms with E-state index in [2.05, 4.69) is 30.4 Å². The Balaban J connectivity index is 2.12. The highest BCUT2D eigenvalue weighted by Crippen LogP contribution is 2.32. The number of aliphatic hydroxyl groups excluding tert-OH is 1. The Labute approximate surface area is 103 Å². The fourth-order valence-corrected chi connectivity index (χ4v) is 2.25. The van der Waals surface area contributed by atoms with Gasteiger partial charge in [-0.2, -0.15) is 0 Å². The van der Waals surface area contributed by atoms with Gasteiger partial charge in [0.2, 0.25) is 0 Å². The Morgan fingerprint density at radius 3 is 3.18 bits per heavy atom. The molecular weight excluding hydrogens is 214 g/mol. The Morgan fingerprint density at radius 1 is 1.47 bits per heavy atom. The maximum Gasteiger partial charge on any atom is 0.124 e. The van der Waals surface area contributed by atoms with Crippen molar-refractivity contribution in [3.8, 4) is 5.75 Å². The van der Waals surface area contributed by atoms with Gasteiger partial charge in [-0.05, 0) is 44.4 Å². The van der Waals surface area contributed by atoms with E-state index < -0.39 is 0 Å². The first-order valence-electron chi connectivity index (χ1n) is 6.39. The summed E-state index contributed by atoms with van der Waals surface area (Å²) in [4.78, 5) is 0. The summed E-state index contributed by atoms with van der Waals surface area (Å²) in [6.45, 7) is 3.99. The van der Waals surface area contributed by atoms with Crippen molar-refractivity contribution in [2.45, 2.75) is 32.2 Å². The van der Waals surface area contributed by atoms with Gasteiger partial charge < -0.3 is 15.2 Å². The summed E-state index contributed by atoms with van der Waals surface area (Å²) in [7, 11) is 0. The molecular formula is C14H21NO2. The lowest BCUT2D eigenvalue weighted by Crippen LogP contribution is -2.22. The van der Waals surface area contributed by atoms with E-state index >= 15 is 0 Å². The van der Waals surface area contributed by atoms with Gasteiger partial charge in [0.15, 0.2) is 0 Å². The lowest BCUT2D eigenvalue weighted by Gasteiger charge is -2.18. The van der Waals surface area contributed by atoms with Gasteiger partial charge in [-0.3, -0.25) is 0 Å². The van der Waals surface area contributed by atoms with Crippen LogP contribution in [-0.2, 0) is 0 Å². The number of hydrogen-bond donors (Lipinski definition) is 2. The maximum atomic E-state index is 8.82. The van der Waals surface area contributed by atoms with Crippen LogP contribution >= 0.6 is 0 Å². The van der Waals surface area contributed by atoms with Gasteiger partial charge in [-0.25, -0.2) is 0 Å². The lowest BCUT2D eigenvalue weighted by molar-refractivity contribution is 0.282. The van der Waals surface area contributed by atoms with Gasteiger partial charge in [-0.1, -0.05) is 12.1 Å². The summed E-state index contributed by atoms with van der Waals surface area (Å²) in [6, 6.07) is 6.77. The molecule has 0 spiro atoms. The fraction of sp³-hybridized carbons (Fsp3) is 0.571. The van der Waals surface area contributed by atoms with Crippen molar-refractivity contribution in [1.82, 2.24) is 5.32 Å². The second-order valence-corrected chi connectivity index (χ2v) is 4.62. The molecule has 0 aromatic heterocycles. The molecule has 17 heavy (non-hydrogen) atoms. The van der Waals surface area contributed by atoms with Gasteiger partial charge in [0.1, 0.15) is 5.75 Å². The van der Waals surface area contributed by atoms with Crippen LogP contribution in [0.1, 0.15) is 36.4 Å². The van der Waals surface area contributed by atoms with Crippen LogP contribution in [0.15, 0.2) is 18.2 Å². The molecule has 1 heterocycles. The highest BCUT2D eigenvalue weighted by Gasteiger charge is 2.18. The summed E-state index contributed by atoms with van der Waals surface area (Å²) >= 11 is 0. The van der Waals surface area contributed by atoms with Gasteiger partial charge in [0.25, 0.3) is 0 Å². The molecule has 1 aliphatic rings. The Kier molecular flexibility index (Phi) is 4.40. The number of rotatable bonds is 4. The van der Waals surface area contributed by atoms with Crippen LogP contribution in [0.4, 0.5) is 0 Å². The Morgan fingerprint density at radius 2 is 2.35 bits per heavy atom. The number of aliphatic hydroxyl groups is 1. The third-order valence-electron chi connectivity index (χ3n) is 3.16. The monoisotopic (exact) mass is 235 g/mol. The third kappa shape index (κ3) is 3.20. The molecule has 0 radical (unpaired) electrons. The van der Waals surface area contributed by atoms with Crippen LogP contribution in [0.2, 0.25) is 0 Å². The van der Waals surface area contributed by atoms with E-state index in [-0.39, 0.29) is 6.61 Å². The smallest absolute Gasteiger partial charge is 0.124 e. The van der Waals surface area contributed by atoms with Gasteiger partial charge in [0.05, 0.1) is 6.61 Å². The van der Waals surface area contributed by atoms with Crippen molar-refractivity contribution >= 4 is 0 Å². The fourth-order valence-electron chi connectivity index (χ4n) is 2.25. The van der Waals surface area contributed by atoms with Crippen LogP contribution in [0.5, 0.6) is 5.75 Å². The standard InChI is InChI=1S/C14H21NO2/c1-11-5-6-12-13(15-7-3-8-16)4-2-9-17-14(12)10-11/h5-6,10,13,15-16H,2-4,7-9H2,1H3. The van der Waals surface area contributed by atoms with E-state index in [1.807, 2.05) is 0 Å². The molecule has 0 fully saturated rings. The Hall–Kier alpha value is -1.06. The van der Waals surface area contributed by atoms with Gasteiger partial charge in [0, 0.05) is 18.2 Å². The van der Waals surface area contributed by atoms with Crippen LogP contribution in [0.25, 0.3) is 0 Å². The molecule has 0 saturated carbocycles. The van der Waals surface area contributed by atoms with Crippen LogP contribution in [0, 0.1) is 6.92 Å². The first kappa shape index (κ1) is 12.4. The molecule has 3 heteroatoms. The SMILES string of the molecule is Cc1ccc2c(c1)OCCCC2NCCCO. The third-order valence-corrected chi connectivity index (χ3v) is 3.16. The molecule has 2 rings (SSSR count). The maximum absolute atomic E-state index is 8.82. The minimum Gasteiger partial charge on any atom is -0.493 e. The zero-order chi connectivity index (χ0) is 12.1. The topological polar surface area (TPSA) is 41.5 Å². The second kappa shape index (κ2) is 6.03. The van der Waals surface area contributed by atoms with Crippen molar-refractivity contribution in [3.63, 3.8) is 0 Å². The molecule has 1 atom stereocenters. The minimum atomic E-state index is 0.247. The molecule has 0 amide bonds. The number of benzene rings is 1. The zero-order valence-corrected chi connectivity index (χ0v) is 10.4. The molecule has 1 aromatic rings. The van der Waals surface area contributed by atoms with Gasteiger partial charge >= 0.3 is 0 Å². The molecule has 0 saturated heterocycles. The van der Waals surface area contributed by atoms with Crippen LogP contribution in [0.3, 0.4) is 0 Å². The molecule has 2 N–H and O–H groups in total. The molecule has 3 nitrogen and oxygen atoms in total. The summed E-state index contributed by atoms with van der Waals surface area (Å²) in [5.74, 6) is 1.02. The average Bonchev–Trinajstić information content (AvgIpc) is 2.52. The highest BCUT2D eigenvalue weighted by atomic mass is 16.5. The zero-order valence-electron chi connectivity index (χ0n) is 10.4. The summed E-state index contributed by atoms with van der Waals surface area (Å²) in [5.41, 5.74) is 2.49. The van der Waals surface area contributed by atoms with Crippen molar-refractivity contribution in [3.05, 3.63) is 29.3 Å². The first-order valence-corrected chi connectivity index (χ1v) is 6.39. The molecule has 94 valence electrons. The number of aryl methyl sites for hydroxylation is 1. The van der Waals surface area contributed by atoms with E-state index in [0.29, 0.717) is 6.04 Å². The predicted octanol–water partition coefficient (Wildman–Crippen LogP) is 2.18. The number of fused-ring (bicyclic) bond motifs is 1.